The molecule has 6 nitrogen and oxygen atoms in total. The Hall–Kier alpha value is -2.27. The minimum absolute atomic E-state index is 0.0321. The summed E-state index contributed by atoms with van der Waals surface area (Å²) in [6.45, 7) is 0.652. The average molecular weight is 249 g/mol. The zero-order chi connectivity index (χ0) is 13.1. The van der Waals surface area contributed by atoms with Gasteiger partial charge in [-0.05, 0) is 23.6 Å². The van der Waals surface area contributed by atoms with Crippen LogP contribution in [0.2, 0.25) is 0 Å². The van der Waals surface area contributed by atoms with Gasteiger partial charge < -0.3 is 10.6 Å². The van der Waals surface area contributed by atoms with E-state index >= 15 is 0 Å². The van der Waals surface area contributed by atoms with E-state index in [1.165, 1.54) is 17.0 Å². The molecule has 2 rings (SSSR count). The predicted molar refractivity (Wildman–Crippen MR) is 65.3 cm³/mol. The quantitative estimate of drug-likeness (QED) is 0.384. The van der Waals surface area contributed by atoms with Gasteiger partial charge in [0.25, 0.3) is 0 Å². The summed E-state index contributed by atoms with van der Waals surface area (Å²) >= 11 is 0. The minimum Gasteiger partial charge on any atom is -0.395 e. The van der Waals surface area contributed by atoms with Crippen molar-refractivity contribution in [3.63, 3.8) is 0 Å². The Kier molecular flexibility index (Phi) is 3.34. The molecule has 1 unspecified atom stereocenters. The highest BCUT2D eigenvalue weighted by Crippen LogP contribution is 2.31. The van der Waals surface area contributed by atoms with Gasteiger partial charge in [0.2, 0.25) is 5.91 Å². The van der Waals surface area contributed by atoms with E-state index in [2.05, 4.69) is 10.0 Å². The van der Waals surface area contributed by atoms with Crippen LogP contribution in [0.25, 0.3) is 10.4 Å². The Balaban J connectivity index is 2.21. The lowest BCUT2D eigenvalue weighted by Crippen LogP contribution is -2.26. The SMILES string of the molecule is [N-]=[N+]=NCC1CC(=O)N(c2cccc(F)c2N)C1. The van der Waals surface area contributed by atoms with Crippen molar-refractivity contribution in [2.45, 2.75) is 6.42 Å². The second-order valence-electron chi connectivity index (χ2n) is 4.16. The summed E-state index contributed by atoms with van der Waals surface area (Å²) in [6.07, 6.45) is 0.287. The first-order valence-electron chi connectivity index (χ1n) is 5.48. The van der Waals surface area contributed by atoms with Gasteiger partial charge in [-0.2, -0.15) is 0 Å². The van der Waals surface area contributed by atoms with Gasteiger partial charge in [0.05, 0.1) is 11.4 Å². The number of para-hydroxylation sites is 1. The summed E-state index contributed by atoms with van der Waals surface area (Å²) in [5.74, 6) is -0.722. The fourth-order valence-corrected chi connectivity index (χ4v) is 2.05. The molecule has 0 bridgehead atoms. The fraction of sp³-hybridized carbons (Fsp3) is 0.364. The van der Waals surface area contributed by atoms with Crippen molar-refractivity contribution in [2.75, 3.05) is 23.7 Å². The summed E-state index contributed by atoms with van der Waals surface area (Å²) < 4.78 is 13.3. The first kappa shape index (κ1) is 12.2. The van der Waals surface area contributed by atoms with E-state index in [4.69, 9.17) is 11.3 Å². The third-order valence-electron chi connectivity index (χ3n) is 2.93. The topological polar surface area (TPSA) is 95.1 Å². The third-order valence-corrected chi connectivity index (χ3v) is 2.93. The number of nitrogen functional groups attached to an aromatic ring is 1. The lowest BCUT2D eigenvalue weighted by atomic mass is 10.1. The lowest BCUT2D eigenvalue weighted by molar-refractivity contribution is -0.117. The molecule has 1 amide bonds. The van der Waals surface area contributed by atoms with E-state index in [-0.39, 0.29) is 30.5 Å². The molecule has 1 atom stereocenters. The number of azide groups is 1. The summed E-state index contributed by atoms with van der Waals surface area (Å²) in [5, 5.41) is 3.45. The number of carbonyl (C=O) groups excluding carboxylic acids is 1. The number of hydrogen-bond acceptors (Lipinski definition) is 3. The summed E-state index contributed by atoms with van der Waals surface area (Å²) in [5.41, 5.74) is 14.2. The zero-order valence-electron chi connectivity index (χ0n) is 9.58. The standard InChI is InChI=1S/C11H12FN5O/c12-8-2-1-3-9(11(8)13)17-6-7(4-10(17)18)5-15-16-14/h1-3,7H,4-6,13H2. The minimum atomic E-state index is -0.543. The van der Waals surface area contributed by atoms with Crippen LogP contribution in [-0.4, -0.2) is 19.0 Å². The number of hydrogen-bond donors (Lipinski definition) is 1. The van der Waals surface area contributed by atoms with Gasteiger partial charge in [-0.3, -0.25) is 4.79 Å². The molecule has 1 aliphatic heterocycles. The summed E-state index contributed by atoms with van der Waals surface area (Å²) in [4.78, 5) is 15.9. The van der Waals surface area contributed by atoms with E-state index in [0.717, 1.165) is 0 Å². The van der Waals surface area contributed by atoms with E-state index in [0.29, 0.717) is 12.2 Å². The van der Waals surface area contributed by atoms with Crippen LogP contribution >= 0.6 is 0 Å². The molecule has 1 heterocycles. The van der Waals surface area contributed by atoms with Crippen molar-refractivity contribution in [1.29, 1.82) is 0 Å². The maximum Gasteiger partial charge on any atom is 0.227 e. The van der Waals surface area contributed by atoms with Crippen molar-refractivity contribution in [1.82, 2.24) is 0 Å². The third kappa shape index (κ3) is 2.21. The normalized spacial score (nSPS) is 18.8. The molecule has 2 N–H and O–H groups in total. The molecule has 1 aliphatic rings. The van der Waals surface area contributed by atoms with Gasteiger partial charge in [0.1, 0.15) is 5.82 Å². The number of carbonyl (C=O) groups is 1. The molecule has 0 aromatic heterocycles. The van der Waals surface area contributed by atoms with Gasteiger partial charge in [-0.1, -0.05) is 11.2 Å². The number of anilines is 2. The first-order chi connectivity index (χ1) is 8.63. The Bertz CT molecular complexity index is 526. The highest BCUT2D eigenvalue weighted by molar-refractivity contribution is 5.98. The number of nitrogens with zero attached hydrogens (tertiary/aromatic N) is 4. The Morgan fingerprint density at radius 1 is 1.61 bits per heavy atom. The van der Waals surface area contributed by atoms with Crippen LogP contribution in [0.5, 0.6) is 0 Å². The van der Waals surface area contributed by atoms with Crippen molar-refractivity contribution in [2.24, 2.45) is 11.0 Å². The second kappa shape index (κ2) is 4.93. The first-order valence-corrected chi connectivity index (χ1v) is 5.48. The van der Waals surface area contributed by atoms with Crippen LogP contribution in [0.3, 0.4) is 0 Å². The monoisotopic (exact) mass is 249 g/mol. The van der Waals surface area contributed by atoms with Crippen molar-refractivity contribution < 1.29 is 9.18 Å². The second-order valence-corrected chi connectivity index (χ2v) is 4.16. The van der Waals surface area contributed by atoms with Crippen molar-refractivity contribution in [3.05, 3.63) is 34.5 Å². The van der Waals surface area contributed by atoms with Crippen LogP contribution in [0, 0.1) is 11.7 Å². The number of amides is 1. The number of nitrogens with two attached hydrogens (primary N) is 1. The van der Waals surface area contributed by atoms with Gasteiger partial charge in [-0.15, -0.1) is 0 Å². The highest BCUT2D eigenvalue weighted by atomic mass is 19.1. The molecule has 0 saturated carbocycles. The molecule has 94 valence electrons. The van der Waals surface area contributed by atoms with E-state index < -0.39 is 5.82 Å². The van der Waals surface area contributed by atoms with Crippen LogP contribution < -0.4 is 10.6 Å². The summed E-state index contributed by atoms with van der Waals surface area (Å²) in [7, 11) is 0. The molecule has 18 heavy (non-hydrogen) atoms. The fourth-order valence-electron chi connectivity index (χ4n) is 2.05. The van der Waals surface area contributed by atoms with Crippen LogP contribution in [0.1, 0.15) is 6.42 Å². The van der Waals surface area contributed by atoms with Gasteiger partial charge in [0, 0.05) is 24.4 Å². The Morgan fingerprint density at radius 3 is 3.11 bits per heavy atom. The molecule has 7 heteroatoms. The van der Waals surface area contributed by atoms with Gasteiger partial charge >= 0.3 is 0 Å². The average Bonchev–Trinajstić information content (AvgIpc) is 2.71. The lowest BCUT2D eigenvalue weighted by Gasteiger charge is -2.18. The van der Waals surface area contributed by atoms with Crippen molar-refractivity contribution >= 4 is 17.3 Å². The summed E-state index contributed by atoms with van der Waals surface area (Å²) in [6, 6.07) is 4.36. The van der Waals surface area contributed by atoms with E-state index in [1.807, 2.05) is 0 Å². The largest absolute Gasteiger partial charge is 0.395 e. The number of benzene rings is 1. The number of rotatable bonds is 3. The Morgan fingerprint density at radius 2 is 2.39 bits per heavy atom. The van der Waals surface area contributed by atoms with E-state index in [1.54, 1.807) is 6.07 Å². The maximum atomic E-state index is 13.3. The molecule has 1 fully saturated rings. The molecule has 1 saturated heterocycles. The molecule has 0 aliphatic carbocycles. The van der Waals surface area contributed by atoms with Crippen molar-refractivity contribution in [3.8, 4) is 0 Å². The van der Waals surface area contributed by atoms with E-state index in [9.17, 15) is 9.18 Å². The maximum absolute atomic E-state index is 13.3. The van der Waals surface area contributed by atoms with Gasteiger partial charge in [-0.25, -0.2) is 4.39 Å². The number of halogens is 1. The van der Waals surface area contributed by atoms with Crippen LogP contribution in [-0.2, 0) is 4.79 Å². The van der Waals surface area contributed by atoms with Crippen LogP contribution in [0.4, 0.5) is 15.8 Å². The molecule has 0 spiro atoms. The molecule has 1 aromatic carbocycles. The molecule has 0 radical (unpaired) electrons. The smallest absolute Gasteiger partial charge is 0.227 e. The molecular weight excluding hydrogens is 237 g/mol. The highest BCUT2D eigenvalue weighted by Gasteiger charge is 2.31. The predicted octanol–water partition coefficient (Wildman–Crippen LogP) is 2.07. The zero-order valence-corrected chi connectivity index (χ0v) is 9.58. The van der Waals surface area contributed by atoms with Gasteiger partial charge in [0.15, 0.2) is 0 Å². The van der Waals surface area contributed by atoms with Crippen LogP contribution in [0.15, 0.2) is 23.3 Å². The Labute approximate surface area is 103 Å². The molecule has 1 aromatic rings. The molecular formula is C11H12FN5O.